The summed E-state index contributed by atoms with van der Waals surface area (Å²) in [4.78, 5) is 33.0. The number of hydrogen-bond acceptors (Lipinski definition) is 8. The van der Waals surface area contributed by atoms with Gasteiger partial charge in [-0.1, -0.05) is 18.2 Å². The molecule has 0 aliphatic carbocycles. The number of para-hydroxylation sites is 2. The molecule has 5 aromatic rings. The standard InChI is InChI=1S/C23H21FN8O.C2HF3O2/c24-15-4-3-5-16(12-15)32-14-26-20-21(25-13-19-27-17-6-1-2-7-18(17)28-19)29-23(30-22(20)32)31-8-10-33-11-9-31;3-2(4,5)1(6)7/h1-7,12,14H,8-11,13H2,(H,27,28)(H,25,29,30);(H,6,7). The first-order valence-corrected chi connectivity index (χ1v) is 12.0. The number of imidazole rings is 2. The van der Waals surface area contributed by atoms with Gasteiger partial charge in [0.25, 0.3) is 0 Å². The zero-order valence-corrected chi connectivity index (χ0v) is 20.7. The fraction of sp³-hybridized carbons (Fsp3) is 0.240. The number of alkyl halides is 3. The van der Waals surface area contributed by atoms with E-state index in [0.29, 0.717) is 61.5 Å². The van der Waals surface area contributed by atoms with Crippen molar-refractivity contribution in [2.24, 2.45) is 0 Å². The smallest absolute Gasteiger partial charge is 0.475 e. The summed E-state index contributed by atoms with van der Waals surface area (Å²) in [5, 5.41) is 10.5. The minimum atomic E-state index is -5.08. The predicted molar refractivity (Wildman–Crippen MR) is 137 cm³/mol. The molecule has 40 heavy (non-hydrogen) atoms. The second kappa shape index (κ2) is 11.1. The molecule has 0 atom stereocenters. The quantitative estimate of drug-likeness (QED) is 0.275. The minimum Gasteiger partial charge on any atom is -0.475 e. The van der Waals surface area contributed by atoms with E-state index in [4.69, 9.17) is 24.6 Å². The molecule has 0 saturated carbocycles. The molecular weight excluding hydrogens is 536 g/mol. The van der Waals surface area contributed by atoms with E-state index in [0.717, 1.165) is 16.9 Å². The molecule has 11 nitrogen and oxygen atoms in total. The van der Waals surface area contributed by atoms with Crippen LogP contribution >= 0.6 is 0 Å². The predicted octanol–water partition coefficient (Wildman–Crippen LogP) is 3.91. The first kappa shape index (κ1) is 26.8. The summed E-state index contributed by atoms with van der Waals surface area (Å²) in [6.45, 7) is 3.07. The maximum absolute atomic E-state index is 13.9. The van der Waals surface area contributed by atoms with Gasteiger partial charge in [0.1, 0.15) is 18.0 Å². The van der Waals surface area contributed by atoms with Crippen molar-refractivity contribution in [3.05, 3.63) is 66.5 Å². The molecule has 6 rings (SSSR count). The van der Waals surface area contributed by atoms with Crippen LogP contribution in [-0.4, -0.2) is 73.0 Å². The van der Waals surface area contributed by atoms with Gasteiger partial charge in [-0.15, -0.1) is 0 Å². The number of carboxylic acids is 1. The lowest BCUT2D eigenvalue weighted by molar-refractivity contribution is -0.192. The number of carboxylic acid groups (broad SMARTS) is 1. The van der Waals surface area contributed by atoms with E-state index in [-0.39, 0.29) is 5.82 Å². The molecule has 2 aromatic carbocycles. The molecule has 1 aliphatic heterocycles. The second-order valence-electron chi connectivity index (χ2n) is 8.60. The largest absolute Gasteiger partial charge is 0.490 e. The van der Waals surface area contributed by atoms with Crippen molar-refractivity contribution in [2.45, 2.75) is 12.7 Å². The highest BCUT2D eigenvalue weighted by Gasteiger charge is 2.38. The van der Waals surface area contributed by atoms with Gasteiger partial charge in [-0.3, -0.25) is 4.57 Å². The number of benzene rings is 2. The summed E-state index contributed by atoms with van der Waals surface area (Å²) in [6.07, 6.45) is -3.44. The monoisotopic (exact) mass is 558 g/mol. The van der Waals surface area contributed by atoms with Crippen molar-refractivity contribution in [3.63, 3.8) is 0 Å². The zero-order valence-electron chi connectivity index (χ0n) is 20.7. The van der Waals surface area contributed by atoms with Crippen molar-refractivity contribution >= 4 is 39.9 Å². The highest BCUT2D eigenvalue weighted by molar-refractivity contribution is 5.85. The lowest BCUT2D eigenvalue weighted by Crippen LogP contribution is -2.37. The van der Waals surface area contributed by atoms with Gasteiger partial charge in [0.15, 0.2) is 17.0 Å². The number of anilines is 2. The number of carbonyl (C=O) groups is 1. The van der Waals surface area contributed by atoms with E-state index in [9.17, 15) is 17.6 Å². The lowest BCUT2D eigenvalue weighted by Gasteiger charge is -2.27. The first-order valence-electron chi connectivity index (χ1n) is 12.0. The Balaban J connectivity index is 0.000000411. The molecule has 4 heterocycles. The molecule has 3 N–H and O–H groups in total. The summed E-state index contributed by atoms with van der Waals surface area (Å²) in [6, 6.07) is 14.3. The number of morpholine rings is 1. The summed E-state index contributed by atoms with van der Waals surface area (Å²) >= 11 is 0. The average molecular weight is 558 g/mol. The van der Waals surface area contributed by atoms with E-state index in [1.807, 2.05) is 30.3 Å². The van der Waals surface area contributed by atoms with Gasteiger partial charge in [0.2, 0.25) is 5.95 Å². The fourth-order valence-corrected chi connectivity index (χ4v) is 3.99. The Morgan fingerprint density at radius 2 is 1.82 bits per heavy atom. The molecule has 1 aliphatic rings. The van der Waals surface area contributed by atoms with E-state index in [1.54, 1.807) is 17.0 Å². The molecule has 0 amide bonds. The van der Waals surface area contributed by atoms with Gasteiger partial charge in [-0.2, -0.15) is 23.1 Å². The number of aromatic nitrogens is 6. The molecule has 0 radical (unpaired) electrons. The van der Waals surface area contributed by atoms with Gasteiger partial charge in [-0.05, 0) is 30.3 Å². The maximum atomic E-state index is 13.9. The van der Waals surface area contributed by atoms with E-state index in [2.05, 4.69) is 25.2 Å². The van der Waals surface area contributed by atoms with Gasteiger partial charge in [0, 0.05) is 13.1 Å². The van der Waals surface area contributed by atoms with E-state index >= 15 is 0 Å². The van der Waals surface area contributed by atoms with Crippen molar-refractivity contribution in [1.82, 2.24) is 29.5 Å². The third-order valence-corrected chi connectivity index (χ3v) is 5.87. The number of ether oxygens (including phenoxy) is 1. The Morgan fingerprint density at radius 1 is 1.07 bits per heavy atom. The van der Waals surface area contributed by atoms with Crippen LogP contribution in [0.1, 0.15) is 5.82 Å². The Hall–Kier alpha value is -4.79. The summed E-state index contributed by atoms with van der Waals surface area (Å²) < 4.78 is 52.9. The number of fused-ring (bicyclic) bond motifs is 2. The number of aromatic amines is 1. The van der Waals surface area contributed by atoms with Crippen molar-refractivity contribution < 1.29 is 32.2 Å². The molecule has 1 saturated heterocycles. The number of rotatable bonds is 5. The lowest BCUT2D eigenvalue weighted by atomic mass is 10.3. The van der Waals surface area contributed by atoms with Crippen LogP contribution in [0.3, 0.4) is 0 Å². The molecule has 0 bridgehead atoms. The van der Waals surface area contributed by atoms with Crippen LogP contribution in [0.15, 0.2) is 54.9 Å². The van der Waals surface area contributed by atoms with E-state index < -0.39 is 12.1 Å². The number of halogens is 4. The second-order valence-corrected chi connectivity index (χ2v) is 8.60. The van der Waals surface area contributed by atoms with Crippen LogP contribution in [0.4, 0.5) is 29.3 Å². The number of nitrogens with one attached hydrogen (secondary N) is 2. The molecule has 3 aromatic heterocycles. The Morgan fingerprint density at radius 3 is 2.52 bits per heavy atom. The number of H-pyrrole nitrogens is 1. The summed E-state index contributed by atoms with van der Waals surface area (Å²) in [5.74, 6) is -1.11. The third-order valence-electron chi connectivity index (χ3n) is 5.87. The number of nitrogens with zero attached hydrogens (tertiary/aromatic N) is 6. The van der Waals surface area contributed by atoms with E-state index in [1.165, 1.54) is 12.1 Å². The third kappa shape index (κ3) is 5.93. The molecule has 208 valence electrons. The minimum absolute atomic E-state index is 0.319. The van der Waals surface area contributed by atoms with Gasteiger partial charge < -0.3 is 25.0 Å². The maximum Gasteiger partial charge on any atom is 0.490 e. The molecule has 0 unspecified atom stereocenters. The fourth-order valence-electron chi connectivity index (χ4n) is 3.99. The van der Waals surface area contributed by atoms with Gasteiger partial charge >= 0.3 is 12.1 Å². The average Bonchev–Trinajstić information content (AvgIpc) is 3.56. The topological polar surface area (TPSA) is 134 Å². The van der Waals surface area contributed by atoms with Gasteiger partial charge in [-0.25, -0.2) is 19.2 Å². The van der Waals surface area contributed by atoms with Crippen molar-refractivity contribution in [1.29, 1.82) is 0 Å². The molecular formula is C25H22F4N8O3. The zero-order chi connectivity index (χ0) is 28.3. The van der Waals surface area contributed by atoms with Crippen LogP contribution in [0.2, 0.25) is 0 Å². The highest BCUT2D eigenvalue weighted by atomic mass is 19.4. The Labute approximate surface area is 223 Å². The van der Waals surface area contributed by atoms with Crippen LogP contribution in [0.5, 0.6) is 0 Å². The molecule has 1 fully saturated rings. The normalized spacial score (nSPS) is 13.8. The molecule has 0 spiro atoms. The SMILES string of the molecule is Fc1cccc(-n2cnc3c(NCc4nc5ccccc5[nH]4)nc(N4CCOCC4)nc32)c1.O=C(O)C(F)(F)F. The number of aliphatic carboxylic acids is 1. The summed E-state index contributed by atoms with van der Waals surface area (Å²) in [7, 11) is 0. The molecule has 15 heteroatoms. The number of hydrogen-bond donors (Lipinski definition) is 3. The van der Waals surface area contributed by atoms with Crippen molar-refractivity contribution in [3.8, 4) is 5.69 Å². The van der Waals surface area contributed by atoms with Crippen LogP contribution in [0, 0.1) is 5.82 Å². The van der Waals surface area contributed by atoms with Crippen LogP contribution in [0.25, 0.3) is 27.9 Å². The Kier molecular flexibility index (Phi) is 7.46. The Bertz CT molecular complexity index is 1610. The van der Waals surface area contributed by atoms with Gasteiger partial charge in [0.05, 0.1) is 36.5 Å². The summed E-state index contributed by atoms with van der Waals surface area (Å²) in [5.41, 5.74) is 3.74. The first-order chi connectivity index (χ1) is 19.2. The highest BCUT2D eigenvalue weighted by Crippen LogP contribution is 2.26. The van der Waals surface area contributed by atoms with Crippen LogP contribution < -0.4 is 10.2 Å². The van der Waals surface area contributed by atoms with Crippen LogP contribution in [-0.2, 0) is 16.1 Å². The van der Waals surface area contributed by atoms with Crippen molar-refractivity contribution in [2.75, 3.05) is 36.5 Å².